The molecule has 2 aromatic rings. The smallest absolute Gasteiger partial charge is 0.318 e. The summed E-state index contributed by atoms with van der Waals surface area (Å²) in [4.78, 5) is 28.5. The summed E-state index contributed by atoms with van der Waals surface area (Å²) in [6.07, 6.45) is 0. The van der Waals surface area contributed by atoms with Gasteiger partial charge in [-0.25, -0.2) is 4.79 Å². The van der Waals surface area contributed by atoms with E-state index in [1.165, 1.54) is 0 Å². The number of hydrogen-bond donors (Lipinski definition) is 2. The third-order valence-corrected chi connectivity index (χ3v) is 6.19. The lowest BCUT2D eigenvalue weighted by Crippen LogP contribution is -2.74. The average molecular weight is 448 g/mol. The highest BCUT2D eigenvalue weighted by Gasteiger charge is 2.54. The Kier molecular flexibility index (Phi) is 6.57. The van der Waals surface area contributed by atoms with Gasteiger partial charge in [-0.15, -0.1) is 0 Å². The molecule has 7 nitrogen and oxygen atoms in total. The van der Waals surface area contributed by atoms with Crippen molar-refractivity contribution in [2.75, 3.05) is 26.8 Å². The van der Waals surface area contributed by atoms with E-state index in [1.54, 1.807) is 16.9 Å². The van der Waals surface area contributed by atoms with E-state index in [-0.39, 0.29) is 49.1 Å². The molecule has 2 fully saturated rings. The van der Waals surface area contributed by atoms with Crippen molar-refractivity contribution >= 4 is 11.9 Å². The summed E-state index contributed by atoms with van der Waals surface area (Å²) in [7, 11) is 1.63. The van der Waals surface area contributed by atoms with Gasteiger partial charge in [-0.2, -0.15) is 0 Å². The highest BCUT2D eigenvalue weighted by Crippen LogP contribution is 2.42. The van der Waals surface area contributed by atoms with Crippen LogP contribution in [0.5, 0.6) is 5.75 Å². The number of methoxy groups -OCH3 is 1. The van der Waals surface area contributed by atoms with Gasteiger partial charge in [-0.1, -0.05) is 24.0 Å². The summed E-state index contributed by atoms with van der Waals surface area (Å²) in [5, 5.41) is 12.8. The average Bonchev–Trinajstić information content (AvgIpc) is 2.79. The molecule has 4 rings (SSSR count). The summed E-state index contributed by atoms with van der Waals surface area (Å²) >= 11 is 0. The van der Waals surface area contributed by atoms with Crippen LogP contribution < -0.4 is 10.1 Å². The lowest BCUT2D eigenvalue weighted by atomic mass is 9.73. The van der Waals surface area contributed by atoms with E-state index in [0.717, 1.165) is 22.4 Å². The minimum Gasteiger partial charge on any atom is -0.497 e. The van der Waals surface area contributed by atoms with Gasteiger partial charge in [-0.3, -0.25) is 4.79 Å². The van der Waals surface area contributed by atoms with Gasteiger partial charge >= 0.3 is 6.03 Å². The molecule has 172 valence electrons. The molecule has 0 bridgehead atoms. The summed E-state index contributed by atoms with van der Waals surface area (Å²) in [5.41, 5.74) is 2.81. The number of nitrogens with zero attached hydrogens (tertiary/aromatic N) is 2. The number of rotatable bonds is 4. The minimum absolute atomic E-state index is 0.000391. The summed E-state index contributed by atoms with van der Waals surface area (Å²) < 4.78 is 5.17. The minimum atomic E-state index is -0.269. The van der Waals surface area contributed by atoms with Gasteiger partial charge in [0.1, 0.15) is 12.3 Å². The lowest BCUT2D eigenvalue weighted by Gasteiger charge is -2.58. The van der Waals surface area contributed by atoms with E-state index in [9.17, 15) is 14.7 Å². The summed E-state index contributed by atoms with van der Waals surface area (Å²) in [6, 6.07) is 14.8. The Labute approximate surface area is 194 Å². The second-order valence-corrected chi connectivity index (χ2v) is 8.73. The van der Waals surface area contributed by atoms with Crippen LogP contribution in [0.3, 0.4) is 0 Å². The Hall–Kier alpha value is -3.50. The van der Waals surface area contributed by atoms with E-state index in [0.29, 0.717) is 6.54 Å². The number of urea groups is 1. The van der Waals surface area contributed by atoms with Crippen LogP contribution in [-0.2, 0) is 4.79 Å². The number of carbonyl (C=O) groups excluding carboxylic acids is 2. The van der Waals surface area contributed by atoms with Crippen LogP contribution in [0.1, 0.15) is 36.5 Å². The molecule has 2 heterocycles. The number of nitrogens with one attached hydrogen (secondary N) is 1. The van der Waals surface area contributed by atoms with Crippen molar-refractivity contribution in [1.82, 2.24) is 15.1 Å². The number of piperazine rings is 1. The van der Waals surface area contributed by atoms with Crippen molar-refractivity contribution in [3.8, 4) is 17.6 Å². The van der Waals surface area contributed by atoms with Crippen molar-refractivity contribution in [2.45, 2.75) is 37.9 Å². The van der Waals surface area contributed by atoms with Crippen LogP contribution >= 0.6 is 0 Å². The van der Waals surface area contributed by atoms with Crippen molar-refractivity contribution in [1.29, 1.82) is 0 Å². The first-order valence-electron chi connectivity index (χ1n) is 11.1. The maximum Gasteiger partial charge on any atom is 0.318 e. The first kappa shape index (κ1) is 22.7. The first-order valence-corrected chi connectivity index (χ1v) is 11.1. The topological polar surface area (TPSA) is 82.1 Å². The second-order valence-electron chi connectivity index (χ2n) is 8.73. The molecule has 0 spiro atoms. The zero-order chi connectivity index (χ0) is 23.5. The van der Waals surface area contributed by atoms with Gasteiger partial charge in [0, 0.05) is 29.6 Å². The quantitative estimate of drug-likeness (QED) is 0.704. The predicted octanol–water partition coefficient (Wildman–Crippen LogP) is 2.18. The highest BCUT2D eigenvalue weighted by molar-refractivity contribution is 5.87. The Bertz CT molecular complexity index is 1070. The fourth-order valence-corrected chi connectivity index (χ4v) is 4.60. The molecular formula is C26H29N3O4. The van der Waals surface area contributed by atoms with Gasteiger partial charge in [-0.05, 0) is 55.8 Å². The second kappa shape index (κ2) is 9.55. The molecule has 7 heteroatoms. The Morgan fingerprint density at radius 1 is 1.12 bits per heavy atom. The number of ether oxygens (including phenoxy) is 1. The van der Waals surface area contributed by atoms with E-state index >= 15 is 0 Å². The maximum absolute atomic E-state index is 12.7. The monoisotopic (exact) mass is 447 g/mol. The zero-order valence-electron chi connectivity index (χ0n) is 19.1. The number of aliphatic hydroxyl groups excluding tert-OH is 1. The van der Waals surface area contributed by atoms with Crippen LogP contribution in [0.25, 0.3) is 0 Å². The van der Waals surface area contributed by atoms with Crippen LogP contribution in [0.2, 0.25) is 0 Å². The third-order valence-electron chi connectivity index (χ3n) is 6.19. The molecule has 0 aromatic heterocycles. The fraction of sp³-hybridized carbons (Fsp3) is 0.385. The van der Waals surface area contributed by atoms with Crippen molar-refractivity contribution < 1.29 is 19.4 Å². The molecule has 3 amide bonds. The Balaban J connectivity index is 1.49. The van der Waals surface area contributed by atoms with Gasteiger partial charge in [0.2, 0.25) is 5.91 Å². The van der Waals surface area contributed by atoms with Gasteiger partial charge in [0.05, 0.1) is 25.8 Å². The van der Waals surface area contributed by atoms with Crippen LogP contribution in [0.4, 0.5) is 4.79 Å². The number of carbonyl (C=O) groups is 2. The van der Waals surface area contributed by atoms with Gasteiger partial charge in [0.15, 0.2) is 0 Å². The zero-order valence-corrected chi connectivity index (χ0v) is 19.1. The highest BCUT2D eigenvalue weighted by atomic mass is 16.5. The number of fused-ring (bicyclic) bond motifs is 1. The van der Waals surface area contributed by atoms with Gasteiger partial charge in [0.25, 0.3) is 0 Å². The van der Waals surface area contributed by atoms with Crippen LogP contribution in [0.15, 0.2) is 48.5 Å². The molecule has 2 N–H and O–H groups in total. The fourth-order valence-electron chi connectivity index (χ4n) is 4.60. The number of benzene rings is 2. The van der Waals surface area contributed by atoms with Crippen LogP contribution in [0, 0.1) is 11.8 Å². The molecule has 0 radical (unpaired) electrons. The number of hydrogen-bond acceptors (Lipinski definition) is 4. The molecular weight excluding hydrogens is 418 g/mol. The Morgan fingerprint density at radius 3 is 2.27 bits per heavy atom. The molecule has 0 unspecified atom stereocenters. The molecule has 0 aliphatic carbocycles. The maximum atomic E-state index is 12.7. The van der Waals surface area contributed by atoms with Crippen molar-refractivity contribution in [3.05, 3.63) is 65.2 Å². The van der Waals surface area contributed by atoms with Crippen molar-refractivity contribution in [2.24, 2.45) is 0 Å². The number of amides is 3. The molecule has 0 saturated carbocycles. The largest absolute Gasteiger partial charge is 0.497 e. The summed E-state index contributed by atoms with van der Waals surface area (Å²) in [6.45, 7) is 4.17. The van der Waals surface area contributed by atoms with Crippen molar-refractivity contribution in [3.63, 3.8) is 0 Å². The van der Waals surface area contributed by atoms with E-state index in [2.05, 4.69) is 17.2 Å². The van der Waals surface area contributed by atoms with Gasteiger partial charge < -0.3 is 25.0 Å². The molecule has 3 atom stereocenters. The summed E-state index contributed by atoms with van der Waals surface area (Å²) in [5.74, 6) is 6.95. The normalized spacial score (nSPS) is 21.6. The predicted molar refractivity (Wildman–Crippen MR) is 125 cm³/mol. The van der Waals surface area contributed by atoms with E-state index in [4.69, 9.17) is 4.74 Å². The van der Waals surface area contributed by atoms with Crippen LogP contribution in [-0.4, -0.2) is 71.8 Å². The van der Waals surface area contributed by atoms with E-state index in [1.807, 2.05) is 62.4 Å². The first-order chi connectivity index (χ1) is 15.9. The van der Waals surface area contributed by atoms with E-state index < -0.39 is 0 Å². The Morgan fingerprint density at radius 2 is 1.73 bits per heavy atom. The molecule has 2 saturated heterocycles. The molecule has 2 aromatic carbocycles. The standard InChI is InChI=1S/C26H29N3O4/c1-17(2)27-26(32)28-14-22-25(23(16-30)29(22)24(31)15-28)20-10-6-18(7-11-20)4-5-19-8-12-21(33-3)13-9-19/h6-13,17,22-23,25,30H,14-16H2,1-3H3,(H,27,32)/t22-,23+,25-/m1/s1. The molecule has 2 aliphatic rings. The lowest BCUT2D eigenvalue weighted by molar-refractivity contribution is -0.159. The molecule has 33 heavy (non-hydrogen) atoms. The SMILES string of the molecule is COc1ccc(C#Cc2ccc([C@@H]3[C@H]4CN(C(=O)NC(C)C)CC(=O)N4[C@H]3CO)cc2)cc1. The number of aliphatic hydroxyl groups is 1. The third kappa shape index (κ3) is 4.67. The molecule has 2 aliphatic heterocycles.